The minimum absolute atomic E-state index is 0.0322. The molecule has 2 rings (SSSR count). The average Bonchev–Trinajstić information content (AvgIpc) is 2.49. The van der Waals surface area contributed by atoms with Gasteiger partial charge in [-0.3, -0.25) is 4.79 Å². The number of amides is 1. The lowest BCUT2D eigenvalue weighted by molar-refractivity contribution is -0.115. The Morgan fingerprint density at radius 3 is 2.59 bits per heavy atom. The van der Waals surface area contributed by atoms with E-state index in [0.717, 1.165) is 11.1 Å². The van der Waals surface area contributed by atoms with Gasteiger partial charge in [-0.2, -0.15) is 0 Å². The summed E-state index contributed by atoms with van der Waals surface area (Å²) in [6, 6.07) is 13.8. The van der Waals surface area contributed by atoms with Crippen molar-refractivity contribution in [2.24, 2.45) is 0 Å². The highest BCUT2D eigenvalue weighted by atomic mass is 16.5. The van der Waals surface area contributed by atoms with Gasteiger partial charge in [0, 0.05) is 0 Å². The number of anilines is 1. The fourth-order valence-corrected chi connectivity index (χ4v) is 2.53. The number of hydrogen-bond acceptors (Lipinski definition) is 2. The van der Waals surface area contributed by atoms with Crippen LogP contribution in [-0.4, -0.2) is 13.0 Å². The van der Waals surface area contributed by atoms with E-state index in [2.05, 4.69) is 25.2 Å². The van der Waals surface area contributed by atoms with Gasteiger partial charge in [0.05, 0.1) is 19.2 Å². The van der Waals surface area contributed by atoms with Crippen LogP contribution in [0.4, 0.5) is 5.69 Å². The van der Waals surface area contributed by atoms with Crippen molar-refractivity contribution in [1.29, 1.82) is 0 Å². The second-order valence-corrected chi connectivity index (χ2v) is 5.78. The molecule has 1 amide bonds. The van der Waals surface area contributed by atoms with Crippen LogP contribution in [0.2, 0.25) is 0 Å². The van der Waals surface area contributed by atoms with E-state index in [0.29, 0.717) is 23.8 Å². The van der Waals surface area contributed by atoms with Crippen molar-refractivity contribution in [2.45, 2.75) is 33.1 Å². The van der Waals surface area contributed by atoms with E-state index in [1.54, 1.807) is 7.11 Å². The highest BCUT2D eigenvalue weighted by Crippen LogP contribution is 2.26. The van der Waals surface area contributed by atoms with Gasteiger partial charge in [0.25, 0.3) is 0 Å². The van der Waals surface area contributed by atoms with Crippen molar-refractivity contribution >= 4 is 11.6 Å². The first-order valence-corrected chi connectivity index (χ1v) is 7.53. The topological polar surface area (TPSA) is 38.3 Å². The van der Waals surface area contributed by atoms with Crippen LogP contribution in [0.3, 0.4) is 0 Å². The number of carbonyl (C=O) groups is 1. The summed E-state index contributed by atoms with van der Waals surface area (Å²) in [6.45, 7) is 6.27. The fourth-order valence-electron chi connectivity index (χ4n) is 2.53. The van der Waals surface area contributed by atoms with Crippen LogP contribution >= 0.6 is 0 Å². The summed E-state index contributed by atoms with van der Waals surface area (Å²) < 4.78 is 5.32. The first kappa shape index (κ1) is 16.1. The third-order valence-corrected chi connectivity index (χ3v) is 3.66. The molecule has 0 aliphatic carbocycles. The van der Waals surface area contributed by atoms with Crippen molar-refractivity contribution in [3.63, 3.8) is 0 Å². The minimum Gasteiger partial charge on any atom is -0.495 e. The lowest BCUT2D eigenvalue weighted by Gasteiger charge is -2.14. The van der Waals surface area contributed by atoms with Crippen molar-refractivity contribution in [2.75, 3.05) is 12.4 Å². The number of aryl methyl sites for hydroxylation is 1. The lowest BCUT2D eigenvalue weighted by atomic mass is 9.95. The van der Waals surface area contributed by atoms with Crippen LogP contribution in [-0.2, 0) is 11.2 Å². The van der Waals surface area contributed by atoms with E-state index in [4.69, 9.17) is 4.74 Å². The van der Waals surface area contributed by atoms with Gasteiger partial charge >= 0.3 is 0 Å². The molecule has 0 saturated carbocycles. The molecule has 3 heteroatoms. The third kappa shape index (κ3) is 3.88. The Labute approximate surface area is 132 Å². The van der Waals surface area contributed by atoms with Gasteiger partial charge in [0.15, 0.2) is 0 Å². The molecule has 0 bridgehead atoms. The summed E-state index contributed by atoms with van der Waals surface area (Å²) in [6.07, 6.45) is 0.366. The van der Waals surface area contributed by atoms with Gasteiger partial charge < -0.3 is 10.1 Å². The third-order valence-electron chi connectivity index (χ3n) is 3.66. The Bertz CT molecular complexity index is 662. The molecule has 0 spiro atoms. The van der Waals surface area contributed by atoms with Gasteiger partial charge in [-0.25, -0.2) is 0 Å². The Kier molecular flexibility index (Phi) is 5.21. The second-order valence-electron chi connectivity index (χ2n) is 5.78. The number of rotatable bonds is 5. The molecule has 3 nitrogen and oxygen atoms in total. The Balaban J connectivity index is 2.14. The van der Waals surface area contributed by atoms with Crippen molar-refractivity contribution in [3.05, 3.63) is 59.2 Å². The highest BCUT2D eigenvalue weighted by molar-refractivity contribution is 5.93. The molecule has 22 heavy (non-hydrogen) atoms. The highest BCUT2D eigenvalue weighted by Gasteiger charge is 2.12. The zero-order chi connectivity index (χ0) is 16.1. The Morgan fingerprint density at radius 2 is 1.91 bits per heavy atom. The minimum atomic E-state index is -0.0322. The van der Waals surface area contributed by atoms with Crippen LogP contribution in [0, 0.1) is 6.92 Å². The van der Waals surface area contributed by atoms with Gasteiger partial charge in [-0.15, -0.1) is 0 Å². The van der Waals surface area contributed by atoms with Crippen molar-refractivity contribution < 1.29 is 9.53 Å². The molecule has 0 atom stereocenters. The monoisotopic (exact) mass is 297 g/mol. The first-order chi connectivity index (χ1) is 10.5. The number of hydrogen-bond donors (Lipinski definition) is 1. The van der Waals surface area contributed by atoms with E-state index in [9.17, 15) is 4.79 Å². The molecule has 2 aromatic carbocycles. The lowest BCUT2D eigenvalue weighted by Crippen LogP contribution is -2.16. The largest absolute Gasteiger partial charge is 0.495 e. The molecule has 0 saturated heterocycles. The van der Waals surface area contributed by atoms with Gasteiger partial charge in [0.2, 0.25) is 5.91 Å². The zero-order valence-electron chi connectivity index (χ0n) is 13.6. The molecule has 2 aromatic rings. The quantitative estimate of drug-likeness (QED) is 0.893. The van der Waals surface area contributed by atoms with Gasteiger partial charge in [-0.1, -0.05) is 44.2 Å². The maximum atomic E-state index is 12.3. The maximum absolute atomic E-state index is 12.3. The summed E-state index contributed by atoms with van der Waals surface area (Å²) in [5.74, 6) is 1.05. The average molecular weight is 297 g/mol. The van der Waals surface area contributed by atoms with Crippen LogP contribution in [0.1, 0.15) is 36.5 Å². The molecular formula is C19H23NO2. The first-order valence-electron chi connectivity index (χ1n) is 7.53. The molecule has 0 fully saturated rings. The van der Waals surface area contributed by atoms with Crippen LogP contribution in [0.15, 0.2) is 42.5 Å². The van der Waals surface area contributed by atoms with E-state index in [1.807, 2.05) is 43.3 Å². The van der Waals surface area contributed by atoms with E-state index < -0.39 is 0 Å². The molecule has 0 aromatic heterocycles. The van der Waals surface area contributed by atoms with E-state index in [1.165, 1.54) is 5.56 Å². The Hall–Kier alpha value is -2.29. The summed E-state index contributed by atoms with van der Waals surface area (Å²) in [7, 11) is 1.61. The summed E-state index contributed by atoms with van der Waals surface area (Å²) >= 11 is 0. The standard InChI is InChI=1S/C19H23NO2/c1-13(2)16-8-6-5-7-15(16)12-19(21)20-17-10-9-14(3)11-18(17)22-4/h5-11,13H,12H2,1-4H3,(H,20,21). The normalized spacial score (nSPS) is 10.6. The summed E-state index contributed by atoms with van der Waals surface area (Å²) in [5.41, 5.74) is 4.09. The predicted octanol–water partition coefficient (Wildman–Crippen LogP) is 4.31. The zero-order valence-corrected chi connectivity index (χ0v) is 13.6. The summed E-state index contributed by atoms with van der Waals surface area (Å²) in [5, 5.41) is 2.94. The number of ether oxygens (including phenoxy) is 1. The number of nitrogens with one attached hydrogen (secondary N) is 1. The molecule has 116 valence electrons. The predicted molar refractivity (Wildman–Crippen MR) is 90.6 cm³/mol. The van der Waals surface area contributed by atoms with Crippen LogP contribution in [0.5, 0.6) is 5.75 Å². The van der Waals surface area contributed by atoms with Crippen LogP contribution < -0.4 is 10.1 Å². The van der Waals surface area contributed by atoms with Crippen LogP contribution in [0.25, 0.3) is 0 Å². The van der Waals surface area contributed by atoms with Gasteiger partial charge in [-0.05, 0) is 41.7 Å². The molecule has 0 radical (unpaired) electrons. The van der Waals surface area contributed by atoms with E-state index >= 15 is 0 Å². The number of carbonyl (C=O) groups excluding carboxylic acids is 1. The molecule has 1 N–H and O–H groups in total. The SMILES string of the molecule is COc1cc(C)ccc1NC(=O)Cc1ccccc1C(C)C. The van der Waals surface area contributed by atoms with Crippen molar-refractivity contribution in [3.8, 4) is 5.75 Å². The molecule has 0 aliphatic heterocycles. The summed E-state index contributed by atoms with van der Waals surface area (Å²) in [4.78, 5) is 12.3. The molecule has 0 aliphatic rings. The Morgan fingerprint density at radius 1 is 1.18 bits per heavy atom. The van der Waals surface area contributed by atoms with Crippen molar-refractivity contribution in [1.82, 2.24) is 0 Å². The van der Waals surface area contributed by atoms with E-state index in [-0.39, 0.29) is 5.91 Å². The maximum Gasteiger partial charge on any atom is 0.228 e. The number of methoxy groups -OCH3 is 1. The number of benzene rings is 2. The second kappa shape index (κ2) is 7.12. The fraction of sp³-hybridized carbons (Fsp3) is 0.316. The van der Waals surface area contributed by atoms with Gasteiger partial charge in [0.1, 0.15) is 5.75 Å². The molecule has 0 unspecified atom stereocenters. The smallest absolute Gasteiger partial charge is 0.228 e. The molecule has 0 heterocycles. The molecular weight excluding hydrogens is 274 g/mol.